The molecule has 0 aliphatic heterocycles. The monoisotopic (exact) mass is 271 g/mol. The lowest BCUT2D eigenvalue weighted by Gasteiger charge is -2.13. The largest absolute Gasteiger partial charge is 0.490 e. The molecule has 0 aromatic heterocycles. The van der Waals surface area contributed by atoms with Crippen LogP contribution in [0.15, 0.2) is 48.5 Å². The van der Waals surface area contributed by atoms with Crippen molar-refractivity contribution in [1.29, 1.82) is 0 Å². The standard InChI is InChI=1S/C17H18FNO/c18-16-4-2-1-3-13(16)11-17(19)12-5-7-14(8-6-12)20-15-9-10-15/h1-8,15,17H,9-11,19H2. The first-order chi connectivity index (χ1) is 9.72. The molecule has 1 atom stereocenters. The van der Waals surface area contributed by atoms with E-state index in [4.69, 9.17) is 10.5 Å². The number of hydrogen-bond donors (Lipinski definition) is 1. The van der Waals surface area contributed by atoms with Crippen LogP contribution in [-0.2, 0) is 6.42 Å². The Labute approximate surface area is 118 Å². The van der Waals surface area contributed by atoms with Crippen LogP contribution in [0.2, 0.25) is 0 Å². The lowest BCUT2D eigenvalue weighted by Crippen LogP contribution is -2.14. The molecule has 0 heterocycles. The van der Waals surface area contributed by atoms with Gasteiger partial charge in [-0.15, -0.1) is 0 Å². The van der Waals surface area contributed by atoms with E-state index in [0.717, 1.165) is 24.2 Å². The molecule has 1 fully saturated rings. The highest BCUT2D eigenvalue weighted by atomic mass is 19.1. The third kappa shape index (κ3) is 3.17. The predicted molar refractivity (Wildman–Crippen MR) is 77.1 cm³/mol. The fourth-order valence-electron chi connectivity index (χ4n) is 2.19. The zero-order chi connectivity index (χ0) is 13.9. The summed E-state index contributed by atoms with van der Waals surface area (Å²) < 4.78 is 19.3. The van der Waals surface area contributed by atoms with Gasteiger partial charge in [-0.25, -0.2) is 4.39 Å². The number of hydrogen-bond acceptors (Lipinski definition) is 2. The van der Waals surface area contributed by atoms with E-state index in [9.17, 15) is 4.39 Å². The summed E-state index contributed by atoms with van der Waals surface area (Å²) in [6, 6.07) is 14.4. The van der Waals surface area contributed by atoms with Gasteiger partial charge >= 0.3 is 0 Å². The summed E-state index contributed by atoms with van der Waals surface area (Å²) >= 11 is 0. The summed E-state index contributed by atoms with van der Waals surface area (Å²) in [6.07, 6.45) is 3.19. The molecule has 2 aromatic carbocycles. The number of halogens is 1. The van der Waals surface area contributed by atoms with Gasteiger partial charge in [0.2, 0.25) is 0 Å². The second-order valence-corrected chi connectivity index (χ2v) is 5.29. The molecule has 1 aliphatic rings. The molecule has 0 spiro atoms. The first-order valence-corrected chi connectivity index (χ1v) is 6.98. The highest BCUT2D eigenvalue weighted by Crippen LogP contribution is 2.27. The van der Waals surface area contributed by atoms with Gasteiger partial charge in [0, 0.05) is 6.04 Å². The van der Waals surface area contributed by atoms with E-state index in [2.05, 4.69) is 0 Å². The van der Waals surface area contributed by atoms with Crippen molar-refractivity contribution in [3.63, 3.8) is 0 Å². The molecule has 104 valence electrons. The first-order valence-electron chi connectivity index (χ1n) is 6.98. The fraction of sp³-hybridized carbons (Fsp3) is 0.294. The van der Waals surface area contributed by atoms with Crippen molar-refractivity contribution < 1.29 is 9.13 Å². The highest BCUT2D eigenvalue weighted by molar-refractivity contribution is 5.31. The lowest BCUT2D eigenvalue weighted by atomic mass is 9.99. The van der Waals surface area contributed by atoms with Gasteiger partial charge < -0.3 is 10.5 Å². The lowest BCUT2D eigenvalue weighted by molar-refractivity contribution is 0.303. The number of rotatable bonds is 5. The summed E-state index contributed by atoms with van der Waals surface area (Å²) in [5.41, 5.74) is 7.80. The van der Waals surface area contributed by atoms with Crippen LogP contribution in [0.25, 0.3) is 0 Å². The van der Waals surface area contributed by atoms with Crippen molar-refractivity contribution >= 4 is 0 Å². The Balaban J connectivity index is 1.67. The van der Waals surface area contributed by atoms with Gasteiger partial charge in [0.1, 0.15) is 11.6 Å². The molecule has 0 radical (unpaired) electrons. The molecule has 3 rings (SSSR count). The Kier molecular flexibility index (Phi) is 3.70. The third-order valence-electron chi connectivity index (χ3n) is 3.53. The molecule has 2 nitrogen and oxygen atoms in total. The topological polar surface area (TPSA) is 35.2 Å². The average Bonchev–Trinajstić information content (AvgIpc) is 3.26. The van der Waals surface area contributed by atoms with E-state index in [1.54, 1.807) is 12.1 Å². The van der Waals surface area contributed by atoms with E-state index in [1.807, 2.05) is 30.3 Å². The smallest absolute Gasteiger partial charge is 0.126 e. The minimum absolute atomic E-state index is 0.198. The molecule has 2 aromatic rings. The van der Waals surface area contributed by atoms with Crippen LogP contribution in [0.4, 0.5) is 4.39 Å². The van der Waals surface area contributed by atoms with Crippen LogP contribution >= 0.6 is 0 Å². The van der Waals surface area contributed by atoms with Gasteiger partial charge in [-0.3, -0.25) is 0 Å². The van der Waals surface area contributed by atoms with Crippen LogP contribution in [-0.4, -0.2) is 6.10 Å². The third-order valence-corrected chi connectivity index (χ3v) is 3.53. The van der Waals surface area contributed by atoms with Crippen LogP contribution in [0.5, 0.6) is 5.75 Å². The Hall–Kier alpha value is -1.87. The number of nitrogens with two attached hydrogens (primary N) is 1. The van der Waals surface area contributed by atoms with E-state index >= 15 is 0 Å². The van der Waals surface area contributed by atoms with E-state index in [0.29, 0.717) is 18.1 Å². The maximum absolute atomic E-state index is 13.6. The van der Waals surface area contributed by atoms with Gasteiger partial charge in [0.25, 0.3) is 0 Å². The van der Waals surface area contributed by atoms with Crippen LogP contribution < -0.4 is 10.5 Å². The fourth-order valence-corrected chi connectivity index (χ4v) is 2.19. The second kappa shape index (κ2) is 5.63. The maximum atomic E-state index is 13.6. The Morgan fingerprint density at radius 1 is 1.10 bits per heavy atom. The van der Waals surface area contributed by atoms with Gasteiger partial charge in [-0.2, -0.15) is 0 Å². The average molecular weight is 271 g/mol. The van der Waals surface area contributed by atoms with E-state index < -0.39 is 0 Å². The SMILES string of the molecule is NC(Cc1ccccc1F)c1ccc(OC2CC2)cc1. The molecule has 0 amide bonds. The molecular formula is C17H18FNO. The first kappa shape index (κ1) is 13.1. The number of ether oxygens (including phenoxy) is 1. The molecule has 1 unspecified atom stereocenters. The molecule has 20 heavy (non-hydrogen) atoms. The van der Waals surface area contributed by atoms with Crippen molar-refractivity contribution in [2.24, 2.45) is 5.73 Å². The van der Waals surface area contributed by atoms with Crippen LogP contribution in [0.1, 0.15) is 30.0 Å². The van der Waals surface area contributed by atoms with Crippen molar-refractivity contribution in [2.45, 2.75) is 31.4 Å². The van der Waals surface area contributed by atoms with Crippen molar-refractivity contribution in [3.05, 3.63) is 65.5 Å². The second-order valence-electron chi connectivity index (χ2n) is 5.29. The normalized spacial score (nSPS) is 15.9. The minimum Gasteiger partial charge on any atom is -0.490 e. The van der Waals surface area contributed by atoms with Gasteiger partial charge in [0.05, 0.1) is 6.10 Å². The molecule has 2 N–H and O–H groups in total. The van der Waals surface area contributed by atoms with Crippen molar-refractivity contribution in [3.8, 4) is 5.75 Å². The molecule has 1 saturated carbocycles. The summed E-state index contributed by atoms with van der Waals surface area (Å²) in [7, 11) is 0. The molecule has 1 aliphatic carbocycles. The number of benzene rings is 2. The zero-order valence-corrected chi connectivity index (χ0v) is 11.3. The van der Waals surface area contributed by atoms with Crippen molar-refractivity contribution in [1.82, 2.24) is 0 Å². The summed E-state index contributed by atoms with van der Waals surface area (Å²) in [6.45, 7) is 0. The van der Waals surface area contributed by atoms with Crippen molar-refractivity contribution in [2.75, 3.05) is 0 Å². The van der Waals surface area contributed by atoms with Gasteiger partial charge in [0.15, 0.2) is 0 Å². The molecular weight excluding hydrogens is 253 g/mol. The molecule has 3 heteroatoms. The summed E-state index contributed by atoms with van der Waals surface area (Å²) in [5.74, 6) is 0.686. The van der Waals surface area contributed by atoms with Gasteiger partial charge in [-0.1, -0.05) is 30.3 Å². The maximum Gasteiger partial charge on any atom is 0.126 e. The Morgan fingerprint density at radius 2 is 1.80 bits per heavy atom. The summed E-state index contributed by atoms with van der Waals surface area (Å²) in [5, 5.41) is 0. The zero-order valence-electron chi connectivity index (χ0n) is 11.3. The van der Waals surface area contributed by atoms with Crippen LogP contribution in [0.3, 0.4) is 0 Å². The highest BCUT2D eigenvalue weighted by Gasteiger charge is 2.23. The van der Waals surface area contributed by atoms with E-state index in [-0.39, 0.29) is 11.9 Å². The summed E-state index contributed by atoms with van der Waals surface area (Å²) in [4.78, 5) is 0. The van der Waals surface area contributed by atoms with Gasteiger partial charge in [-0.05, 0) is 48.6 Å². The Morgan fingerprint density at radius 3 is 2.45 bits per heavy atom. The van der Waals surface area contributed by atoms with Crippen LogP contribution in [0, 0.1) is 5.82 Å². The Bertz CT molecular complexity index is 578. The molecule has 0 bridgehead atoms. The minimum atomic E-state index is -0.207. The van der Waals surface area contributed by atoms with E-state index in [1.165, 1.54) is 6.07 Å². The quantitative estimate of drug-likeness (QED) is 0.901. The predicted octanol–water partition coefficient (Wildman–Crippen LogP) is 3.61. The molecule has 0 saturated heterocycles.